The summed E-state index contributed by atoms with van der Waals surface area (Å²) >= 11 is 4.65. The third-order valence-corrected chi connectivity index (χ3v) is 4.16. The van der Waals surface area contributed by atoms with Gasteiger partial charge in [0.2, 0.25) is 5.91 Å². The van der Waals surface area contributed by atoms with Gasteiger partial charge in [0.25, 0.3) is 0 Å². The van der Waals surface area contributed by atoms with E-state index in [2.05, 4.69) is 31.2 Å². The van der Waals surface area contributed by atoms with Crippen LogP contribution in [-0.4, -0.2) is 38.7 Å². The summed E-state index contributed by atoms with van der Waals surface area (Å²) in [7, 11) is 0. The quantitative estimate of drug-likeness (QED) is 0.783. The Balaban J connectivity index is 2.19. The maximum Gasteiger partial charge on any atom is 0.327 e. The number of pyridine rings is 2. The Morgan fingerprint density at radius 3 is 2.90 bits per heavy atom. The van der Waals surface area contributed by atoms with Crippen molar-refractivity contribution in [1.29, 1.82) is 0 Å². The molecule has 21 heavy (non-hydrogen) atoms. The van der Waals surface area contributed by atoms with E-state index < -0.39 is 12.0 Å². The topological polar surface area (TPSA) is 92.2 Å². The van der Waals surface area contributed by atoms with E-state index in [1.165, 1.54) is 18.7 Å². The van der Waals surface area contributed by atoms with E-state index in [0.717, 1.165) is 14.9 Å². The smallest absolute Gasteiger partial charge is 0.327 e. The van der Waals surface area contributed by atoms with Gasteiger partial charge in [-0.05, 0) is 28.1 Å². The van der Waals surface area contributed by atoms with E-state index in [4.69, 9.17) is 5.11 Å². The van der Waals surface area contributed by atoms with Crippen LogP contribution in [0.1, 0.15) is 6.92 Å². The second-order valence-corrected chi connectivity index (χ2v) is 6.21. The molecule has 0 spiro atoms. The molecule has 0 radical (unpaired) electrons. The molecular weight excluding hydrogens is 358 g/mol. The Bertz CT molecular complexity index is 695. The maximum absolute atomic E-state index is 11.1. The first-order valence-electron chi connectivity index (χ1n) is 6.00. The lowest BCUT2D eigenvalue weighted by Gasteiger charge is -2.13. The van der Waals surface area contributed by atoms with Crippen LogP contribution in [0.15, 0.2) is 33.9 Å². The van der Waals surface area contributed by atoms with Crippen molar-refractivity contribution < 1.29 is 14.7 Å². The normalized spacial score (nSPS) is 12.1. The summed E-state index contributed by atoms with van der Waals surface area (Å²) in [6, 6.07) is 2.68. The van der Waals surface area contributed by atoms with E-state index in [9.17, 15) is 9.59 Å². The molecule has 0 bridgehead atoms. The number of rotatable bonds is 5. The van der Waals surface area contributed by atoms with Crippen LogP contribution in [0, 0.1) is 0 Å². The summed E-state index contributed by atoms with van der Waals surface area (Å²) in [5.41, 5.74) is 1.43. The van der Waals surface area contributed by atoms with Crippen LogP contribution < -0.4 is 5.32 Å². The first-order valence-corrected chi connectivity index (χ1v) is 7.78. The molecule has 2 N–H and O–H groups in total. The lowest BCUT2D eigenvalue weighted by atomic mass is 10.3. The van der Waals surface area contributed by atoms with Crippen molar-refractivity contribution >= 4 is 50.6 Å². The van der Waals surface area contributed by atoms with Crippen molar-refractivity contribution in [2.24, 2.45) is 0 Å². The van der Waals surface area contributed by atoms with Gasteiger partial charge in [-0.3, -0.25) is 14.8 Å². The molecule has 1 amide bonds. The van der Waals surface area contributed by atoms with Crippen molar-refractivity contribution in [1.82, 2.24) is 15.3 Å². The van der Waals surface area contributed by atoms with Crippen molar-refractivity contribution in [2.45, 2.75) is 17.9 Å². The number of halogens is 1. The number of carbonyl (C=O) groups is 2. The first kappa shape index (κ1) is 15.7. The number of nitrogens with one attached hydrogen (secondary N) is 1. The van der Waals surface area contributed by atoms with E-state index >= 15 is 0 Å². The molecule has 2 aromatic heterocycles. The lowest BCUT2D eigenvalue weighted by Crippen LogP contribution is -2.41. The van der Waals surface area contributed by atoms with Gasteiger partial charge in [-0.15, -0.1) is 11.8 Å². The van der Waals surface area contributed by atoms with Crippen LogP contribution >= 0.6 is 27.7 Å². The SMILES string of the molecule is CC(=O)NC(CSc1ccnc2cc(Br)cnc12)C(=O)O. The average molecular weight is 370 g/mol. The average Bonchev–Trinajstić information content (AvgIpc) is 2.42. The number of carboxylic acid groups (broad SMARTS) is 1. The molecule has 0 saturated carbocycles. The Hall–Kier alpha value is -1.67. The number of carboxylic acids is 1. The van der Waals surface area contributed by atoms with Crippen molar-refractivity contribution in [2.75, 3.05) is 5.75 Å². The summed E-state index contributed by atoms with van der Waals surface area (Å²) in [6.45, 7) is 1.29. The summed E-state index contributed by atoms with van der Waals surface area (Å²) in [6.07, 6.45) is 3.31. The zero-order chi connectivity index (χ0) is 15.4. The van der Waals surface area contributed by atoms with E-state index in [-0.39, 0.29) is 11.7 Å². The molecule has 110 valence electrons. The van der Waals surface area contributed by atoms with Crippen molar-refractivity contribution in [3.8, 4) is 0 Å². The van der Waals surface area contributed by atoms with E-state index in [0.29, 0.717) is 5.52 Å². The summed E-state index contributed by atoms with van der Waals surface area (Å²) < 4.78 is 0.825. The van der Waals surface area contributed by atoms with Gasteiger partial charge >= 0.3 is 5.97 Å². The predicted octanol–water partition coefficient (Wildman–Crippen LogP) is 2.07. The number of fused-ring (bicyclic) bond motifs is 1. The van der Waals surface area contributed by atoms with Crippen LogP contribution in [0.3, 0.4) is 0 Å². The third kappa shape index (κ3) is 4.15. The highest BCUT2D eigenvalue weighted by molar-refractivity contribution is 9.10. The highest BCUT2D eigenvalue weighted by Crippen LogP contribution is 2.27. The fourth-order valence-electron chi connectivity index (χ4n) is 1.69. The highest BCUT2D eigenvalue weighted by Gasteiger charge is 2.19. The fraction of sp³-hybridized carbons (Fsp3) is 0.231. The van der Waals surface area contributed by atoms with Crippen molar-refractivity contribution in [3.05, 3.63) is 29.0 Å². The molecule has 0 aliphatic heterocycles. The Labute approximate surface area is 133 Å². The van der Waals surface area contributed by atoms with Crippen LogP contribution in [0.5, 0.6) is 0 Å². The minimum Gasteiger partial charge on any atom is -0.480 e. The Morgan fingerprint density at radius 1 is 1.48 bits per heavy atom. The molecule has 2 aromatic rings. The molecule has 0 aromatic carbocycles. The first-order chi connectivity index (χ1) is 9.97. The minimum atomic E-state index is -1.06. The summed E-state index contributed by atoms with van der Waals surface area (Å²) in [5.74, 6) is -1.22. The second-order valence-electron chi connectivity index (χ2n) is 4.23. The van der Waals surface area contributed by atoms with Gasteiger partial charge in [0.05, 0.1) is 5.52 Å². The van der Waals surface area contributed by atoms with Gasteiger partial charge in [0.1, 0.15) is 11.6 Å². The number of hydrogen-bond donors (Lipinski definition) is 2. The minimum absolute atomic E-state index is 0.214. The lowest BCUT2D eigenvalue weighted by molar-refractivity contribution is -0.140. The highest BCUT2D eigenvalue weighted by atomic mass is 79.9. The number of carbonyl (C=O) groups excluding carboxylic acids is 1. The maximum atomic E-state index is 11.1. The van der Waals surface area contributed by atoms with Crippen LogP contribution in [0.4, 0.5) is 0 Å². The van der Waals surface area contributed by atoms with Crippen LogP contribution in [0.2, 0.25) is 0 Å². The molecule has 0 aliphatic rings. The monoisotopic (exact) mass is 369 g/mol. The molecule has 0 aliphatic carbocycles. The summed E-state index contributed by atoms with van der Waals surface area (Å²) in [5, 5.41) is 11.5. The van der Waals surface area contributed by atoms with Gasteiger partial charge < -0.3 is 10.4 Å². The van der Waals surface area contributed by atoms with Crippen LogP contribution in [0.25, 0.3) is 11.0 Å². The van der Waals surface area contributed by atoms with Gasteiger partial charge in [0.15, 0.2) is 0 Å². The zero-order valence-corrected chi connectivity index (χ0v) is 13.4. The fourth-order valence-corrected chi connectivity index (χ4v) is 3.03. The molecule has 2 heterocycles. The Morgan fingerprint density at radius 2 is 2.24 bits per heavy atom. The molecular formula is C13H12BrN3O3S. The number of nitrogens with zero attached hydrogens (tertiary/aromatic N) is 2. The number of amides is 1. The molecule has 1 unspecified atom stereocenters. The summed E-state index contributed by atoms with van der Waals surface area (Å²) in [4.78, 5) is 31.5. The molecule has 0 saturated heterocycles. The van der Waals surface area contributed by atoms with Gasteiger partial charge in [0, 0.05) is 34.4 Å². The molecule has 0 fully saturated rings. The number of aliphatic carboxylic acids is 1. The number of hydrogen-bond acceptors (Lipinski definition) is 5. The Kier molecular flexibility index (Phi) is 5.13. The third-order valence-electron chi connectivity index (χ3n) is 2.59. The second kappa shape index (κ2) is 6.86. The number of thioether (sulfide) groups is 1. The molecule has 1 atom stereocenters. The van der Waals surface area contributed by atoms with Gasteiger partial charge in [-0.1, -0.05) is 0 Å². The van der Waals surface area contributed by atoms with Crippen molar-refractivity contribution in [3.63, 3.8) is 0 Å². The molecule has 2 rings (SSSR count). The van der Waals surface area contributed by atoms with E-state index in [1.807, 2.05) is 6.07 Å². The predicted molar refractivity (Wildman–Crippen MR) is 83.2 cm³/mol. The standard InChI is InChI=1S/C13H12BrN3O3S/c1-7(18)17-10(13(19)20)6-21-11-2-3-15-9-4-8(14)5-16-12(9)11/h2-5,10H,6H2,1H3,(H,17,18)(H,19,20). The van der Waals surface area contributed by atoms with Crippen LogP contribution in [-0.2, 0) is 9.59 Å². The zero-order valence-electron chi connectivity index (χ0n) is 11.0. The van der Waals surface area contributed by atoms with Gasteiger partial charge in [-0.25, -0.2) is 4.79 Å². The van der Waals surface area contributed by atoms with Gasteiger partial charge in [-0.2, -0.15) is 0 Å². The number of aromatic nitrogens is 2. The molecule has 6 nitrogen and oxygen atoms in total. The largest absolute Gasteiger partial charge is 0.480 e. The molecule has 8 heteroatoms. The van der Waals surface area contributed by atoms with E-state index in [1.54, 1.807) is 18.5 Å².